The Bertz CT molecular complexity index is 597. The predicted molar refractivity (Wildman–Crippen MR) is 97.8 cm³/mol. The predicted octanol–water partition coefficient (Wildman–Crippen LogP) is 3.41. The average Bonchev–Trinajstić information content (AvgIpc) is 3.22. The molecule has 1 aliphatic carbocycles. The van der Waals surface area contributed by atoms with Crippen molar-refractivity contribution < 1.29 is 9.59 Å². The molecule has 1 aliphatic heterocycles. The highest BCUT2D eigenvalue weighted by molar-refractivity contribution is 7.12. The number of hydrogen-bond donors (Lipinski definition) is 0. The molecule has 0 atom stereocenters. The van der Waals surface area contributed by atoms with Crippen LogP contribution in [0.2, 0.25) is 0 Å². The van der Waals surface area contributed by atoms with Gasteiger partial charge in [-0.2, -0.15) is 0 Å². The highest BCUT2D eigenvalue weighted by Gasteiger charge is 2.28. The topological polar surface area (TPSA) is 40.6 Å². The summed E-state index contributed by atoms with van der Waals surface area (Å²) in [5.74, 6) is 0.244. The van der Waals surface area contributed by atoms with E-state index in [-0.39, 0.29) is 11.7 Å². The van der Waals surface area contributed by atoms with Crippen molar-refractivity contribution in [2.45, 2.75) is 58.4 Å². The molecule has 2 fully saturated rings. The molecule has 1 aromatic heterocycles. The van der Waals surface area contributed by atoms with Crippen LogP contribution >= 0.6 is 11.3 Å². The Labute approximate surface area is 148 Å². The number of amides is 1. The zero-order valence-electron chi connectivity index (χ0n) is 14.8. The smallest absolute Gasteiger partial charge is 0.223 e. The van der Waals surface area contributed by atoms with Gasteiger partial charge < -0.3 is 4.90 Å². The molecule has 0 unspecified atom stereocenters. The molecule has 3 rings (SSSR count). The molecule has 2 aliphatic rings. The van der Waals surface area contributed by atoms with Gasteiger partial charge in [-0.3, -0.25) is 14.5 Å². The fourth-order valence-corrected chi connectivity index (χ4v) is 4.97. The van der Waals surface area contributed by atoms with Crippen molar-refractivity contribution in [2.75, 3.05) is 26.2 Å². The van der Waals surface area contributed by atoms with E-state index in [9.17, 15) is 9.59 Å². The normalized spacial score (nSPS) is 19.8. The molecule has 5 heteroatoms. The quantitative estimate of drug-likeness (QED) is 0.766. The summed E-state index contributed by atoms with van der Waals surface area (Å²) in [5, 5.41) is 0. The van der Waals surface area contributed by atoms with E-state index >= 15 is 0 Å². The van der Waals surface area contributed by atoms with Crippen LogP contribution in [-0.2, 0) is 4.79 Å². The minimum atomic E-state index is 0.106. The second-order valence-corrected chi connectivity index (χ2v) is 8.57. The van der Waals surface area contributed by atoms with Crippen LogP contribution in [0.25, 0.3) is 0 Å². The molecule has 4 nitrogen and oxygen atoms in total. The lowest BCUT2D eigenvalue weighted by atomic mass is 10.1. The molecule has 0 spiro atoms. The number of piperazine rings is 1. The van der Waals surface area contributed by atoms with Crippen molar-refractivity contribution in [1.82, 2.24) is 9.80 Å². The van der Waals surface area contributed by atoms with Crippen molar-refractivity contribution in [1.29, 1.82) is 0 Å². The third-order valence-corrected chi connectivity index (χ3v) is 6.38. The van der Waals surface area contributed by atoms with Crippen LogP contribution in [0.5, 0.6) is 0 Å². The van der Waals surface area contributed by atoms with Crippen molar-refractivity contribution in [3.05, 3.63) is 21.4 Å². The van der Waals surface area contributed by atoms with Gasteiger partial charge in [0.2, 0.25) is 5.91 Å². The minimum Gasteiger partial charge on any atom is -0.340 e. The summed E-state index contributed by atoms with van der Waals surface area (Å²) in [7, 11) is 0. The van der Waals surface area contributed by atoms with E-state index in [0.29, 0.717) is 12.8 Å². The molecular formula is C19H28N2O2S. The number of nitrogens with zero attached hydrogens (tertiary/aromatic N) is 2. The number of hydrogen-bond acceptors (Lipinski definition) is 4. The molecule has 0 N–H and O–H groups in total. The summed E-state index contributed by atoms with van der Waals surface area (Å²) in [6.45, 7) is 7.62. The van der Waals surface area contributed by atoms with Crippen molar-refractivity contribution in [3.8, 4) is 0 Å². The highest BCUT2D eigenvalue weighted by atomic mass is 32.1. The van der Waals surface area contributed by atoms with Crippen LogP contribution in [-0.4, -0.2) is 53.7 Å². The monoisotopic (exact) mass is 348 g/mol. The second kappa shape index (κ2) is 7.79. The molecule has 2 heterocycles. The van der Waals surface area contributed by atoms with Gasteiger partial charge in [0, 0.05) is 60.4 Å². The molecule has 0 bridgehead atoms. The van der Waals surface area contributed by atoms with Gasteiger partial charge in [0.15, 0.2) is 5.78 Å². The van der Waals surface area contributed by atoms with E-state index in [1.165, 1.54) is 25.7 Å². The number of carbonyl (C=O) groups is 2. The van der Waals surface area contributed by atoms with E-state index in [4.69, 9.17) is 0 Å². The largest absolute Gasteiger partial charge is 0.340 e. The number of aryl methyl sites for hydroxylation is 2. The Balaban J connectivity index is 1.44. The zero-order valence-corrected chi connectivity index (χ0v) is 15.7. The fraction of sp³-hybridized carbons (Fsp3) is 0.684. The Morgan fingerprint density at radius 2 is 1.75 bits per heavy atom. The maximum Gasteiger partial charge on any atom is 0.223 e. The summed E-state index contributed by atoms with van der Waals surface area (Å²) in [6, 6.07) is 2.70. The number of Topliss-reactive ketones (excluding diaryl/α,β-unsaturated/α-hetero) is 1. The lowest BCUT2D eigenvalue weighted by molar-refractivity contribution is -0.133. The van der Waals surface area contributed by atoms with Gasteiger partial charge in [0.05, 0.1) is 0 Å². The van der Waals surface area contributed by atoms with Crippen LogP contribution < -0.4 is 0 Å². The van der Waals surface area contributed by atoms with Gasteiger partial charge >= 0.3 is 0 Å². The Morgan fingerprint density at radius 3 is 2.33 bits per heavy atom. The summed E-state index contributed by atoms with van der Waals surface area (Å²) in [5.41, 5.74) is 0.802. The molecule has 24 heavy (non-hydrogen) atoms. The Hall–Kier alpha value is -1.20. The summed E-state index contributed by atoms with van der Waals surface area (Å²) < 4.78 is 0. The van der Waals surface area contributed by atoms with E-state index < -0.39 is 0 Å². The maximum atomic E-state index is 12.4. The van der Waals surface area contributed by atoms with Crippen LogP contribution in [0.3, 0.4) is 0 Å². The minimum absolute atomic E-state index is 0.106. The van der Waals surface area contributed by atoms with Gasteiger partial charge in [0.1, 0.15) is 0 Å². The molecule has 132 valence electrons. The SMILES string of the molecule is Cc1cc(C(=O)CCC(=O)N2CCN(C3CCCC3)CC2)c(C)s1. The average molecular weight is 349 g/mol. The lowest BCUT2D eigenvalue weighted by Gasteiger charge is -2.38. The molecule has 0 radical (unpaired) electrons. The summed E-state index contributed by atoms with van der Waals surface area (Å²) in [4.78, 5) is 31.5. The third kappa shape index (κ3) is 4.06. The van der Waals surface area contributed by atoms with E-state index in [2.05, 4.69) is 4.90 Å². The van der Waals surface area contributed by atoms with E-state index in [0.717, 1.165) is 47.5 Å². The van der Waals surface area contributed by atoms with E-state index in [1.54, 1.807) is 11.3 Å². The van der Waals surface area contributed by atoms with Gasteiger partial charge in [-0.05, 0) is 32.8 Å². The highest BCUT2D eigenvalue weighted by Crippen LogP contribution is 2.25. The molecule has 0 aromatic carbocycles. The number of thiophene rings is 1. The first-order chi connectivity index (χ1) is 11.5. The van der Waals surface area contributed by atoms with Crippen molar-refractivity contribution >= 4 is 23.0 Å². The first kappa shape index (κ1) is 17.6. The molecular weight excluding hydrogens is 320 g/mol. The van der Waals surface area contributed by atoms with Crippen LogP contribution in [0.15, 0.2) is 6.07 Å². The standard InChI is InChI=1S/C19H28N2O2S/c1-14-13-17(15(2)24-14)18(22)7-8-19(23)21-11-9-20(10-12-21)16-5-3-4-6-16/h13,16H,3-12H2,1-2H3. The number of carbonyl (C=O) groups excluding carboxylic acids is 2. The molecule has 1 saturated heterocycles. The number of rotatable bonds is 5. The Morgan fingerprint density at radius 1 is 1.08 bits per heavy atom. The van der Waals surface area contributed by atoms with Gasteiger partial charge in [-0.25, -0.2) is 0 Å². The lowest BCUT2D eigenvalue weighted by Crippen LogP contribution is -2.51. The van der Waals surface area contributed by atoms with Crippen molar-refractivity contribution in [3.63, 3.8) is 0 Å². The maximum absolute atomic E-state index is 12.4. The molecule has 1 saturated carbocycles. The number of ketones is 1. The second-order valence-electron chi connectivity index (χ2n) is 7.11. The fourth-order valence-electron chi connectivity index (χ4n) is 4.03. The summed E-state index contributed by atoms with van der Waals surface area (Å²) in [6.07, 6.45) is 6.03. The first-order valence-corrected chi connectivity index (χ1v) is 9.98. The Kier molecular flexibility index (Phi) is 5.72. The van der Waals surface area contributed by atoms with Gasteiger partial charge in [-0.15, -0.1) is 11.3 Å². The zero-order chi connectivity index (χ0) is 17.1. The first-order valence-electron chi connectivity index (χ1n) is 9.16. The van der Waals surface area contributed by atoms with Gasteiger partial charge in [0.25, 0.3) is 0 Å². The molecule has 1 amide bonds. The van der Waals surface area contributed by atoms with Crippen LogP contribution in [0.4, 0.5) is 0 Å². The van der Waals surface area contributed by atoms with Gasteiger partial charge in [-0.1, -0.05) is 12.8 Å². The third-order valence-electron chi connectivity index (χ3n) is 5.42. The van der Waals surface area contributed by atoms with Crippen molar-refractivity contribution in [2.24, 2.45) is 0 Å². The van der Waals surface area contributed by atoms with Crippen LogP contribution in [0.1, 0.15) is 58.6 Å². The van der Waals surface area contributed by atoms with E-state index in [1.807, 2.05) is 24.8 Å². The van der Waals surface area contributed by atoms with Crippen LogP contribution in [0, 0.1) is 13.8 Å². The molecule has 1 aromatic rings. The summed E-state index contributed by atoms with van der Waals surface area (Å²) >= 11 is 1.65.